The van der Waals surface area contributed by atoms with Crippen LogP contribution in [-0.2, 0) is 4.74 Å². The second-order valence-corrected chi connectivity index (χ2v) is 9.06. The average Bonchev–Trinajstić information content (AvgIpc) is 3.01. The number of likely N-dealkylation sites (tertiary alicyclic amines) is 1. The summed E-state index contributed by atoms with van der Waals surface area (Å²) in [5, 5.41) is 34.9. The molecule has 3 aliphatic rings. The van der Waals surface area contributed by atoms with E-state index < -0.39 is 16.9 Å². The van der Waals surface area contributed by atoms with E-state index in [0.717, 1.165) is 54.3 Å². The standard InChI is InChI=1S/C19H32N4O5/c1-12-8-13(20-18(24)28-19(2,3)4)10-21(9-12)17-14-6-5-7-15(14)22(25)11-16(17)23(26)27/h12-13,23,25-26H,5-11H2,1-4H3,(H,20,24)/t12-,13+/m1/s1. The third kappa shape index (κ3) is 4.60. The van der Waals surface area contributed by atoms with E-state index in [2.05, 4.69) is 17.1 Å². The molecule has 1 aliphatic carbocycles. The fourth-order valence-electron chi connectivity index (χ4n) is 4.43. The number of ether oxygens (including phenoxy) is 1. The molecule has 1 amide bonds. The Morgan fingerprint density at radius 3 is 2.68 bits per heavy atom. The normalized spacial score (nSPS) is 27.1. The van der Waals surface area contributed by atoms with Crippen molar-refractivity contribution >= 4 is 6.09 Å². The number of rotatable bonds is 3. The summed E-state index contributed by atoms with van der Waals surface area (Å²) in [4.78, 5) is 14.3. The number of nitrogens with one attached hydrogen (secondary N) is 2. The zero-order chi connectivity index (χ0) is 20.6. The van der Waals surface area contributed by atoms with Crippen molar-refractivity contribution in [3.8, 4) is 0 Å². The highest BCUT2D eigenvalue weighted by Gasteiger charge is 2.38. The third-order valence-corrected chi connectivity index (χ3v) is 5.33. The van der Waals surface area contributed by atoms with Gasteiger partial charge in [-0.25, -0.2) is 10.0 Å². The molecule has 3 rings (SSSR count). The number of piperidine rings is 1. The van der Waals surface area contributed by atoms with Gasteiger partial charge in [0.2, 0.25) is 0 Å². The van der Waals surface area contributed by atoms with Crippen LogP contribution < -0.4 is 10.5 Å². The van der Waals surface area contributed by atoms with Gasteiger partial charge in [0, 0.05) is 30.4 Å². The van der Waals surface area contributed by atoms with Crippen molar-refractivity contribution in [2.75, 3.05) is 19.6 Å². The van der Waals surface area contributed by atoms with Crippen LogP contribution in [0.2, 0.25) is 0 Å². The van der Waals surface area contributed by atoms with Crippen LogP contribution in [-0.4, -0.2) is 57.7 Å². The lowest BCUT2D eigenvalue weighted by molar-refractivity contribution is -1.02. The van der Waals surface area contributed by atoms with E-state index in [1.807, 2.05) is 20.8 Å². The summed E-state index contributed by atoms with van der Waals surface area (Å²) < 4.78 is 5.38. The SMILES string of the molecule is C[C@@H]1C[C@H](NC(=O)OC(C)(C)C)CN(C2=C([NH+]([O-])O)CN(O)C3=C2CCC3)C1. The molecule has 158 valence electrons. The Labute approximate surface area is 165 Å². The van der Waals surface area contributed by atoms with Gasteiger partial charge in [-0.1, -0.05) is 6.92 Å². The fraction of sp³-hybridized carbons (Fsp3) is 0.737. The number of hydrogen-bond acceptors (Lipinski definition) is 7. The van der Waals surface area contributed by atoms with Crippen LogP contribution in [0.25, 0.3) is 0 Å². The lowest BCUT2D eigenvalue weighted by Gasteiger charge is -2.42. The molecule has 2 aliphatic heterocycles. The lowest BCUT2D eigenvalue weighted by atomic mass is 9.93. The summed E-state index contributed by atoms with van der Waals surface area (Å²) in [5.41, 5.74) is 2.13. The molecular weight excluding hydrogens is 364 g/mol. The number of hydrogen-bond donors (Lipinski definition) is 4. The number of amides is 1. The Morgan fingerprint density at radius 1 is 1.32 bits per heavy atom. The number of nitrogens with zero attached hydrogens (tertiary/aromatic N) is 2. The van der Waals surface area contributed by atoms with Gasteiger partial charge >= 0.3 is 6.09 Å². The van der Waals surface area contributed by atoms with Crippen LogP contribution in [0.1, 0.15) is 53.4 Å². The van der Waals surface area contributed by atoms with Crippen molar-refractivity contribution in [3.05, 3.63) is 27.9 Å². The van der Waals surface area contributed by atoms with Gasteiger partial charge in [-0.15, -0.1) is 0 Å². The zero-order valence-electron chi connectivity index (χ0n) is 17.1. The molecule has 0 radical (unpaired) electrons. The summed E-state index contributed by atoms with van der Waals surface area (Å²) in [5.74, 6) is 0.286. The molecule has 0 aromatic carbocycles. The van der Waals surface area contributed by atoms with Crippen molar-refractivity contribution in [1.82, 2.24) is 15.3 Å². The van der Waals surface area contributed by atoms with Crippen LogP contribution in [0.5, 0.6) is 0 Å². The minimum absolute atomic E-state index is 0.0153. The van der Waals surface area contributed by atoms with Gasteiger partial charge < -0.3 is 20.2 Å². The van der Waals surface area contributed by atoms with Crippen LogP contribution in [0.15, 0.2) is 22.7 Å². The van der Waals surface area contributed by atoms with Gasteiger partial charge in [0.25, 0.3) is 0 Å². The maximum absolute atomic E-state index is 12.2. The Bertz CT molecular complexity index is 682. The van der Waals surface area contributed by atoms with Gasteiger partial charge in [0.1, 0.15) is 17.8 Å². The average molecular weight is 396 g/mol. The Balaban J connectivity index is 1.82. The van der Waals surface area contributed by atoms with E-state index in [-0.39, 0.29) is 24.2 Å². The highest BCUT2D eigenvalue weighted by atomic mass is 16.8. The number of carbonyl (C=O) groups excluding carboxylic acids is 1. The number of hydroxylamine groups is 4. The first-order valence-corrected chi connectivity index (χ1v) is 9.95. The molecule has 2 heterocycles. The quantitative estimate of drug-likeness (QED) is 0.533. The fourth-order valence-corrected chi connectivity index (χ4v) is 4.43. The summed E-state index contributed by atoms with van der Waals surface area (Å²) in [6.45, 7) is 8.80. The number of carbonyl (C=O) groups is 1. The molecule has 3 atom stereocenters. The van der Waals surface area contributed by atoms with Crippen molar-refractivity contribution in [2.45, 2.75) is 65.0 Å². The van der Waals surface area contributed by atoms with Gasteiger partial charge in [-0.05, 0) is 52.4 Å². The molecule has 1 fully saturated rings. The Hall–Kier alpha value is -1.81. The van der Waals surface area contributed by atoms with E-state index in [4.69, 9.17) is 4.74 Å². The molecule has 1 unspecified atom stereocenters. The zero-order valence-corrected chi connectivity index (χ0v) is 17.1. The van der Waals surface area contributed by atoms with Gasteiger partial charge in [-0.2, -0.15) is 5.23 Å². The smallest absolute Gasteiger partial charge is 0.407 e. The molecule has 9 heteroatoms. The number of alkyl carbamates (subject to hydrolysis) is 1. The molecule has 28 heavy (non-hydrogen) atoms. The predicted molar refractivity (Wildman–Crippen MR) is 101 cm³/mol. The van der Waals surface area contributed by atoms with Crippen LogP contribution in [0.4, 0.5) is 4.79 Å². The predicted octanol–water partition coefficient (Wildman–Crippen LogP) is 1.35. The second kappa shape index (κ2) is 7.90. The van der Waals surface area contributed by atoms with Crippen LogP contribution >= 0.6 is 0 Å². The van der Waals surface area contributed by atoms with Crippen molar-refractivity contribution in [3.63, 3.8) is 0 Å². The highest BCUT2D eigenvalue weighted by Crippen LogP contribution is 2.39. The molecule has 1 saturated heterocycles. The highest BCUT2D eigenvalue weighted by molar-refractivity contribution is 5.68. The minimum Gasteiger partial charge on any atom is -0.595 e. The van der Waals surface area contributed by atoms with E-state index in [9.17, 15) is 20.4 Å². The van der Waals surface area contributed by atoms with Crippen molar-refractivity contribution < 1.29 is 25.2 Å². The topological polar surface area (TPSA) is 113 Å². The first-order chi connectivity index (χ1) is 13.0. The van der Waals surface area contributed by atoms with Gasteiger partial charge in [0.05, 0.1) is 0 Å². The summed E-state index contributed by atoms with van der Waals surface area (Å²) in [6.07, 6.45) is 2.77. The van der Waals surface area contributed by atoms with Crippen molar-refractivity contribution in [2.24, 2.45) is 5.92 Å². The monoisotopic (exact) mass is 396 g/mol. The van der Waals surface area contributed by atoms with Crippen LogP contribution in [0.3, 0.4) is 0 Å². The first-order valence-electron chi connectivity index (χ1n) is 9.95. The van der Waals surface area contributed by atoms with Crippen molar-refractivity contribution in [1.29, 1.82) is 0 Å². The van der Waals surface area contributed by atoms with Crippen LogP contribution in [0, 0.1) is 11.1 Å². The van der Waals surface area contributed by atoms with E-state index >= 15 is 0 Å². The molecule has 0 aromatic rings. The molecule has 0 saturated carbocycles. The number of allylic oxidation sites excluding steroid dienone is 2. The molecule has 0 bridgehead atoms. The van der Waals surface area contributed by atoms with E-state index in [1.165, 1.54) is 0 Å². The van der Waals surface area contributed by atoms with Gasteiger partial charge in [0.15, 0.2) is 5.70 Å². The molecule has 9 nitrogen and oxygen atoms in total. The maximum atomic E-state index is 12.2. The van der Waals surface area contributed by atoms with E-state index in [0.29, 0.717) is 6.54 Å². The summed E-state index contributed by atoms with van der Waals surface area (Å²) in [7, 11) is 0. The minimum atomic E-state index is -1.01. The largest absolute Gasteiger partial charge is 0.595 e. The molecule has 0 aromatic heterocycles. The molecule has 0 spiro atoms. The summed E-state index contributed by atoms with van der Waals surface area (Å²) in [6, 6.07) is -0.126. The third-order valence-electron chi connectivity index (χ3n) is 5.33. The second-order valence-electron chi connectivity index (χ2n) is 9.06. The number of quaternary nitrogens is 1. The Morgan fingerprint density at radius 2 is 2.04 bits per heavy atom. The molecule has 4 N–H and O–H groups in total. The first kappa shape index (κ1) is 20.9. The van der Waals surface area contributed by atoms with E-state index in [1.54, 1.807) is 0 Å². The Kier molecular flexibility index (Phi) is 5.90. The lowest BCUT2D eigenvalue weighted by Crippen LogP contribution is -3.03. The molecular formula is C19H32N4O5. The maximum Gasteiger partial charge on any atom is 0.407 e. The summed E-state index contributed by atoms with van der Waals surface area (Å²) >= 11 is 0. The van der Waals surface area contributed by atoms with Gasteiger partial charge in [-0.3, -0.25) is 10.3 Å².